The van der Waals surface area contributed by atoms with Gasteiger partial charge in [-0.1, -0.05) is 68.6 Å². The Balaban J connectivity index is 0.955. The molecule has 1 aromatic heterocycles. The quantitative estimate of drug-likeness (QED) is 0.0500. The van der Waals surface area contributed by atoms with Gasteiger partial charge in [0.2, 0.25) is 65.2 Å². The molecular weight excluding hydrogens is 1670 g/mol. The number of carbonyl (C=O) groups excluding carboxylic acids is 9. The van der Waals surface area contributed by atoms with Gasteiger partial charge in [0.05, 0.1) is 59.8 Å². The number of urea groups is 1. The van der Waals surface area contributed by atoms with Gasteiger partial charge in [-0.25, -0.2) is 9.78 Å². The van der Waals surface area contributed by atoms with Crippen molar-refractivity contribution >= 4 is 82.2 Å². The SMILES string of the molecule is CCCCOc1ccc(NC(=O)NC(=O)C[C@@H]2NC(=O)[C@H](NC(=O)[C@@H](CC(C)C)NC)[C@H](O)c3ccc(c(Cl)c3)Oc3cc4cc(c3O[C@@H]3O[C@H](CO)[C@@H](O)[C@H](O)[C@H]3O[C@H]3C[C@](C)(N)[C@H](O)[C@H](C)O3)Oc3ccc(cc3Cl)[C@@H](O)[C@@H]3NC(=O)[C@H](NC(=O)[C@@H]4NC2=O)c2ccc(O)c(c2)-c2c(O)cc(O)cc2[C@@H](C(=O)NC2C4CC5CC(C4)CC2C5)NC3=O)cn1. The number of fused-ring (bicyclic) bond motifs is 15. The molecule has 6 fully saturated rings. The van der Waals surface area contributed by atoms with E-state index in [0.717, 1.165) is 99.5 Å². The fourth-order valence-electron chi connectivity index (χ4n) is 18.1. The third-order valence-corrected chi connectivity index (χ3v) is 24.9. The lowest BCUT2D eigenvalue weighted by atomic mass is 9.54. The minimum absolute atomic E-state index is 0.0487. The number of hydrogen-bond donors (Lipinski definition) is 20. The predicted molar refractivity (Wildman–Crippen MR) is 443 cm³/mol. The number of benzene rings is 5. The number of nitrogens with one attached hydrogen (secondary N) is 10. The van der Waals surface area contributed by atoms with E-state index >= 15 is 28.8 Å². The molecule has 18 atom stereocenters. The summed E-state index contributed by atoms with van der Waals surface area (Å²) in [4.78, 5) is 143. The molecule has 670 valence electrons. The van der Waals surface area contributed by atoms with Gasteiger partial charge in [0.25, 0.3) is 0 Å². The molecule has 15 bridgehead atoms. The largest absolute Gasteiger partial charge is 0.508 e. The summed E-state index contributed by atoms with van der Waals surface area (Å²) in [6.45, 7) is 7.97. The van der Waals surface area contributed by atoms with Gasteiger partial charge in [-0.3, -0.25) is 43.7 Å². The van der Waals surface area contributed by atoms with Crippen LogP contribution in [0.15, 0.2) is 97.2 Å². The van der Waals surface area contributed by atoms with E-state index in [1.807, 2.05) is 20.8 Å². The summed E-state index contributed by atoms with van der Waals surface area (Å²) in [6.07, 6.45) is -11.9. The number of halogens is 2. The second-order valence-corrected chi connectivity index (χ2v) is 34.8. The van der Waals surface area contributed by atoms with E-state index in [-0.39, 0.29) is 92.1 Å². The van der Waals surface area contributed by atoms with Crippen LogP contribution in [0.1, 0.15) is 157 Å². The first-order chi connectivity index (χ1) is 59.5. The van der Waals surface area contributed by atoms with Gasteiger partial charge >= 0.3 is 6.03 Å². The van der Waals surface area contributed by atoms with Crippen LogP contribution in [0.2, 0.25) is 10.0 Å². The number of pyridine rings is 1. The first-order valence-corrected chi connectivity index (χ1v) is 42.2. The highest BCUT2D eigenvalue weighted by molar-refractivity contribution is 6.32. The zero-order chi connectivity index (χ0) is 89.5. The standard InChI is InChI=1S/C86H102Cl2N12O25/c1-7-8-17-119-61-16-12-45(33-91-61)92-85(118)94-60(105)31-52-78(112)96-66-44-27-57(121-55-14-10-40(25-49(55)87)70(106)68(82(116)93-52)99-77(111)51(90-6)18-35(2)3)74(125-84-75(73(109)72(108)59(34-101)123-84)124-62-32-86(5,89)76(110)36(4)120-62)58(28-44)122-56-15-11-41(26-50(56)88)71(107)69-83(117)98-67(81(115)95-64-42-20-37-19-38(22-42)23-43(64)21-37)48-29-46(102)30-54(104)63(48)47-24-39(9-13-53(47)103)65(79(113)100-69)97-80(66)114/h9-16,24-30,33,35-38,42-43,51-52,59,62,64-73,75-76,84,90,101-104,106-110H,7-8,17-23,31-32,34,89H2,1-6H3,(H,93,116)(H,95,115)(H,96,112)(H,97,114)(H,98,117)(H,99,111)(H,100,113)(H2,92,94,105,118)/t36-,37?,38?,42?,43?,51+,52-,59+,62-,64?,65+,66+,67-,68+,69-,70+,71+,72+,73-,75+,76+,84-,86-/m0/s1. The van der Waals surface area contributed by atoms with Crippen molar-refractivity contribution in [2.24, 2.45) is 35.3 Å². The summed E-state index contributed by atoms with van der Waals surface area (Å²) in [5, 5.41) is 132. The summed E-state index contributed by atoms with van der Waals surface area (Å²) in [6, 6.07) is 1.37. The lowest BCUT2D eigenvalue weighted by Crippen LogP contribution is -2.64. The zero-order valence-electron chi connectivity index (χ0n) is 68.8. The van der Waals surface area contributed by atoms with Gasteiger partial charge < -0.3 is 133 Å². The Morgan fingerprint density at radius 2 is 1.34 bits per heavy atom. The van der Waals surface area contributed by atoms with Crippen LogP contribution >= 0.6 is 23.2 Å². The Morgan fingerprint density at radius 1 is 0.696 bits per heavy atom. The molecule has 6 aromatic rings. The first-order valence-electron chi connectivity index (χ1n) is 41.5. The summed E-state index contributed by atoms with van der Waals surface area (Å²) in [7, 11) is 1.47. The molecule has 37 nitrogen and oxygen atoms in total. The molecule has 17 rings (SSSR count). The molecular formula is C86H102Cl2N12O25. The number of nitrogens with zero attached hydrogens (tertiary/aromatic N) is 1. The van der Waals surface area contributed by atoms with Crippen LogP contribution in [0.25, 0.3) is 11.1 Å². The van der Waals surface area contributed by atoms with E-state index < -0.39 is 227 Å². The molecule has 10 amide bonds. The maximum atomic E-state index is 16.6. The van der Waals surface area contributed by atoms with Crippen LogP contribution in [-0.4, -0.2) is 209 Å². The number of phenolic OH excluding ortho intramolecular Hbond substituents is 3. The summed E-state index contributed by atoms with van der Waals surface area (Å²) < 4.78 is 44.7. The number of unbranched alkanes of at least 4 members (excludes halogenated alkanes) is 1. The van der Waals surface area contributed by atoms with Crippen LogP contribution in [0.4, 0.5) is 10.5 Å². The topological polar surface area (TPSA) is 560 Å². The number of nitrogens with two attached hydrogens (primary N) is 1. The second kappa shape index (κ2) is 37.8. The number of aromatic nitrogens is 1. The highest BCUT2D eigenvalue weighted by atomic mass is 35.5. The van der Waals surface area contributed by atoms with Crippen molar-refractivity contribution in [3.63, 3.8) is 0 Å². The maximum Gasteiger partial charge on any atom is 0.325 e. The van der Waals surface area contributed by atoms with E-state index in [0.29, 0.717) is 18.4 Å². The third kappa shape index (κ3) is 19.8. The smallest absolute Gasteiger partial charge is 0.325 e. The first kappa shape index (κ1) is 90.5. The van der Waals surface area contributed by atoms with Gasteiger partial charge in [-0.05, 0) is 184 Å². The van der Waals surface area contributed by atoms with Crippen molar-refractivity contribution < 1.29 is 122 Å². The molecule has 0 radical (unpaired) electrons. The number of rotatable bonds is 19. The molecule has 125 heavy (non-hydrogen) atoms. The van der Waals surface area contributed by atoms with Gasteiger partial charge in [0.1, 0.15) is 95.5 Å². The average Bonchev–Trinajstić information content (AvgIpc) is 0.757. The Morgan fingerprint density at radius 3 is 1.95 bits per heavy atom. The lowest BCUT2D eigenvalue weighted by molar-refractivity contribution is -0.333. The Hall–Kier alpha value is -10.8. The lowest BCUT2D eigenvalue weighted by Gasteiger charge is -2.54. The molecule has 4 saturated carbocycles. The van der Waals surface area contributed by atoms with Gasteiger partial charge in [0.15, 0.2) is 23.9 Å². The van der Waals surface area contributed by atoms with Gasteiger partial charge in [0, 0.05) is 41.3 Å². The van der Waals surface area contributed by atoms with Gasteiger partial charge in [-0.2, -0.15) is 0 Å². The number of phenols is 3. The van der Waals surface area contributed by atoms with E-state index in [1.54, 1.807) is 0 Å². The van der Waals surface area contributed by atoms with Crippen molar-refractivity contribution in [1.82, 2.24) is 52.8 Å². The van der Waals surface area contributed by atoms with Crippen molar-refractivity contribution in [3.8, 4) is 63.0 Å². The third-order valence-electron chi connectivity index (χ3n) is 24.3. The Labute approximate surface area is 726 Å². The monoisotopic (exact) mass is 1770 g/mol. The number of aliphatic hydroxyl groups is 6. The zero-order valence-corrected chi connectivity index (χ0v) is 70.4. The van der Waals surface area contributed by atoms with Crippen LogP contribution in [0.3, 0.4) is 0 Å². The Kier molecular flexibility index (Phi) is 27.4. The average molecular weight is 1770 g/mol. The van der Waals surface area contributed by atoms with E-state index in [4.69, 9.17) is 62.1 Å². The molecule has 39 heteroatoms. The molecule has 8 heterocycles. The number of anilines is 1. The number of hydrogen-bond acceptors (Lipinski definition) is 28. The van der Waals surface area contributed by atoms with Crippen LogP contribution < -0.4 is 77.8 Å². The molecule has 11 aliphatic rings. The minimum atomic E-state index is -2.43. The van der Waals surface area contributed by atoms with E-state index in [9.17, 15) is 60.3 Å². The van der Waals surface area contributed by atoms with Crippen LogP contribution in [-0.2, 0) is 52.6 Å². The molecule has 0 spiro atoms. The molecule has 0 unspecified atom stereocenters. The van der Waals surface area contributed by atoms with E-state index in [2.05, 4.69) is 58.2 Å². The molecule has 2 saturated heterocycles. The number of aliphatic hydroxyl groups excluding tert-OH is 6. The fourth-order valence-corrected chi connectivity index (χ4v) is 18.6. The highest BCUT2D eigenvalue weighted by Crippen LogP contribution is 2.55. The number of likely N-dealkylation sites (N-methyl/N-ethyl adjacent to an activating group) is 1. The van der Waals surface area contributed by atoms with Crippen molar-refractivity contribution in [3.05, 3.63) is 135 Å². The number of ether oxygens (including phenoxy) is 7. The molecule has 21 N–H and O–H groups in total. The van der Waals surface area contributed by atoms with Crippen LogP contribution in [0.5, 0.6) is 51.9 Å². The molecule has 4 aliphatic carbocycles. The van der Waals surface area contributed by atoms with Crippen molar-refractivity contribution in [2.75, 3.05) is 25.6 Å². The van der Waals surface area contributed by atoms with Crippen LogP contribution in [0, 0.1) is 29.6 Å². The van der Waals surface area contributed by atoms with Crippen molar-refractivity contribution in [2.45, 2.75) is 214 Å². The van der Waals surface area contributed by atoms with Crippen molar-refractivity contribution in [1.29, 1.82) is 0 Å². The number of imide groups is 1. The predicted octanol–water partition coefficient (Wildman–Crippen LogP) is 4.40. The number of amides is 10. The highest BCUT2D eigenvalue weighted by Gasteiger charge is 2.53. The summed E-state index contributed by atoms with van der Waals surface area (Å²) in [5.74, 6) is -13.7. The number of carbonyl (C=O) groups is 9. The van der Waals surface area contributed by atoms with Gasteiger partial charge in [-0.15, -0.1) is 0 Å². The minimum Gasteiger partial charge on any atom is -0.508 e. The molecule has 7 aliphatic heterocycles. The number of aromatic hydroxyl groups is 3. The second-order valence-electron chi connectivity index (χ2n) is 34.0. The Bertz CT molecular complexity index is 5080. The fraction of sp³-hybridized carbons (Fsp3) is 0.488. The maximum absolute atomic E-state index is 16.6. The molecule has 5 aromatic carbocycles. The normalized spacial score (nSPS) is 30.3. The summed E-state index contributed by atoms with van der Waals surface area (Å²) >= 11 is 14.5. The van der Waals surface area contributed by atoms with E-state index in [1.165, 1.54) is 63.5 Å². The summed E-state index contributed by atoms with van der Waals surface area (Å²) in [5.41, 5.74) is 2.91.